The summed E-state index contributed by atoms with van der Waals surface area (Å²) in [6, 6.07) is 0. The van der Waals surface area contributed by atoms with Gasteiger partial charge in [-0.2, -0.15) is 12.8 Å². The summed E-state index contributed by atoms with van der Waals surface area (Å²) in [5, 5.41) is 0. The van der Waals surface area contributed by atoms with E-state index in [1.165, 1.54) is 38.5 Å². The van der Waals surface area contributed by atoms with E-state index in [0.717, 1.165) is 0 Å². The molecule has 0 nitrogen and oxygen atoms in total. The van der Waals surface area contributed by atoms with Gasteiger partial charge in [-0.05, 0) is 0 Å². The molecule has 0 unspecified atom stereocenters. The first-order valence-corrected chi connectivity index (χ1v) is 4.10. The van der Waals surface area contributed by atoms with Gasteiger partial charge in [-0.15, -0.1) is 0 Å². The van der Waals surface area contributed by atoms with Crippen molar-refractivity contribution in [3.05, 3.63) is 31.7 Å². The van der Waals surface area contributed by atoms with E-state index >= 15 is 0 Å². The summed E-state index contributed by atoms with van der Waals surface area (Å²) in [7, 11) is 0. The molecule has 0 aliphatic heterocycles. The minimum atomic E-state index is 0. The Bertz CT molecular complexity index is 102. The third-order valence-electron chi connectivity index (χ3n) is 1.63. The van der Waals surface area contributed by atoms with Crippen molar-refractivity contribution in [1.29, 1.82) is 0 Å². The second-order valence-corrected chi connectivity index (χ2v) is 2.60. The zero-order valence-corrected chi connectivity index (χ0v) is 11.5. The van der Waals surface area contributed by atoms with Crippen molar-refractivity contribution in [3.63, 3.8) is 0 Å². The van der Waals surface area contributed by atoms with E-state index in [9.17, 15) is 0 Å². The van der Waals surface area contributed by atoms with Crippen LogP contribution in [0.15, 0.2) is 12.2 Å². The fraction of sp³-hybridized carbons (Fsp3) is 0.545. The minimum absolute atomic E-state index is 0. The Balaban J connectivity index is -0.000000125. The van der Waals surface area contributed by atoms with Crippen molar-refractivity contribution < 1.29 is 38.6 Å². The maximum Gasteiger partial charge on any atom is 4.00 e. The van der Waals surface area contributed by atoms with Crippen LogP contribution in [-0.2, 0) is 26.2 Å². The van der Waals surface area contributed by atoms with Gasteiger partial charge in [0.15, 0.2) is 0 Å². The maximum atomic E-state index is 3.10. The molecular weight excluding hydrogens is 259 g/mol. The molecule has 0 fully saturated rings. The normalized spacial score (nSPS) is 16.0. The Morgan fingerprint density at radius 3 is 1.31 bits per heavy atom. The van der Waals surface area contributed by atoms with Crippen LogP contribution in [0, 0.1) is 19.6 Å². The fourth-order valence-corrected chi connectivity index (χ4v) is 1.02. The van der Waals surface area contributed by atoms with Gasteiger partial charge in [0, 0.05) is 0 Å². The largest absolute Gasteiger partial charge is 4.00 e. The topological polar surface area (TPSA) is 0 Å². The molecule has 0 amide bonds. The Hall–Kier alpha value is 0.653. The minimum Gasteiger partial charge on any atom is -1.00 e. The average molecular weight is 276 g/mol. The average Bonchev–Trinajstić information content (AvgIpc) is 2.67. The molecule has 0 aromatic rings. The monoisotopic (exact) mass is 274 g/mol. The summed E-state index contributed by atoms with van der Waals surface area (Å²) >= 11 is 0. The van der Waals surface area contributed by atoms with Crippen LogP contribution >= 0.6 is 0 Å². The zero-order chi connectivity index (χ0) is 7.07. The summed E-state index contributed by atoms with van der Waals surface area (Å²) in [5.41, 5.74) is 0. The molecule has 13 heavy (non-hydrogen) atoms. The smallest absolute Gasteiger partial charge is 1.00 e. The van der Waals surface area contributed by atoms with E-state index in [4.69, 9.17) is 0 Å². The van der Waals surface area contributed by atoms with Crippen LogP contribution in [0.2, 0.25) is 0 Å². The molecule has 0 aromatic heterocycles. The van der Waals surface area contributed by atoms with Crippen LogP contribution in [0.4, 0.5) is 0 Å². The van der Waals surface area contributed by atoms with Crippen LogP contribution in [0.3, 0.4) is 0 Å². The van der Waals surface area contributed by atoms with Crippen molar-refractivity contribution in [2.45, 2.75) is 38.5 Å². The summed E-state index contributed by atoms with van der Waals surface area (Å²) < 4.78 is 0. The molecule has 0 atom stereocenters. The molecule has 0 bridgehead atoms. The predicted molar refractivity (Wildman–Crippen MR) is 49.7 cm³/mol. The summed E-state index contributed by atoms with van der Waals surface area (Å²) in [4.78, 5) is 0. The number of hydrogen-bond acceptors (Lipinski definition) is 0. The molecule has 2 heteroatoms. The van der Waals surface area contributed by atoms with Gasteiger partial charge in [0.2, 0.25) is 0 Å². The summed E-state index contributed by atoms with van der Waals surface area (Å²) in [5.74, 6) is 0. The molecule has 2 aliphatic carbocycles. The van der Waals surface area contributed by atoms with Gasteiger partial charge in [-0.1, -0.05) is 25.7 Å². The second-order valence-electron chi connectivity index (χ2n) is 2.60. The zero-order valence-electron chi connectivity index (χ0n) is 8.28. The van der Waals surface area contributed by atoms with Crippen LogP contribution in [0.1, 0.15) is 38.5 Å². The Kier molecular flexibility index (Phi) is 22.4. The molecule has 72 valence electrons. The van der Waals surface area contributed by atoms with Gasteiger partial charge in [-0.25, -0.2) is 0 Å². The number of halogens is 1. The van der Waals surface area contributed by atoms with E-state index in [0.29, 0.717) is 0 Å². The van der Waals surface area contributed by atoms with E-state index < -0.39 is 0 Å². The van der Waals surface area contributed by atoms with E-state index in [1.54, 1.807) is 0 Å². The molecule has 0 aromatic carbocycles. The van der Waals surface area contributed by atoms with Crippen molar-refractivity contribution in [3.8, 4) is 0 Å². The van der Waals surface area contributed by atoms with Gasteiger partial charge in [0.05, 0.1) is 0 Å². The number of hydrogen-bond donors (Lipinski definition) is 0. The first-order chi connectivity index (χ1) is 5.00. The van der Waals surface area contributed by atoms with E-state index in [1.807, 2.05) is 0 Å². The Labute approximate surface area is 108 Å². The van der Waals surface area contributed by atoms with Crippen LogP contribution < -0.4 is 12.4 Å². The molecule has 0 heterocycles. The van der Waals surface area contributed by atoms with E-state index in [-0.39, 0.29) is 46.0 Å². The standard InChI is InChI=1S/2C5H7.CH3.ClH.Zr/c2*1-2-4-5-3-1;;;/h2*1H,2,4-5H2;1H3;1H;/q3*-1;;+4/p-1. The molecule has 2 rings (SSSR count). The van der Waals surface area contributed by atoms with Crippen molar-refractivity contribution in [2.24, 2.45) is 0 Å². The first kappa shape index (κ1) is 19.3. The molecule has 0 spiro atoms. The van der Waals surface area contributed by atoms with Gasteiger partial charge in [0.1, 0.15) is 0 Å². The van der Waals surface area contributed by atoms with Crippen molar-refractivity contribution in [1.82, 2.24) is 0 Å². The second kappa shape index (κ2) is 15.1. The first-order valence-electron chi connectivity index (χ1n) is 4.10. The summed E-state index contributed by atoms with van der Waals surface area (Å²) in [6.45, 7) is 0. The third kappa shape index (κ3) is 12.7. The molecule has 0 N–H and O–H groups in total. The van der Waals surface area contributed by atoms with Crippen LogP contribution in [0.25, 0.3) is 0 Å². The molecule has 0 radical (unpaired) electrons. The molecular formula is C11H17ClZr. The molecule has 2 aliphatic rings. The van der Waals surface area contributed by atoms with Crippen LogP contribution in [0.5, 0.6) is 0 Å². The van der Waals surface area contributed by atoms with Crippen molar-refractivity contribution in [2.75, 3.05) is 0 Å². The predicted octanol–water partition coefficient (Wildman–Crippen LogP) is 0.511. The fourth-order valence-electron chi connectivity index (χ4n) is 1.02. The SMILES string of the molecule is [C-]1=CCCC1.[C-]1=CCCC1.[CH3-].[Cl-].[Zr+4]. The quantitative estimate of drug-likeness (QED) is 0.566. The van der Waals surface area contributed by atoms with Crippen molar-refractivity contribution >= 4 is 0 Å². The number of allylic oxidation sites excluding steroid dienone is 4. The maximum absolute atomic E-state index is 3.10. The van der Waals surface area contributed by atoms with Gasteiger partial charge in [0.25, 0.3) is 0 Å². The van der Waals surface area contributed by atoms with E-state index in [2.05, 4.69) is 24.3 Å². The Morgan fingerprint density at radius 2 is 1.23 bits per heavy atom. The van der Waals surface area contributed by atoms with Gasteiger partial charge in [-0.3, -0.25) is 12.2 Å². The Morgan fingerprint density at radius 1 is 0.846 bits per heavy atom. The summed E-state index contributed by atoms with van der Waals surface area (Å²) in [6.07, 6.45) is 18.0. The molecule has 0 saturated carbocycles. The number of rotatable bonds is 0. The van der Waals surface area contributed by atoms with Crippen LogP contribution in [-0.4, -0.2) is 0 Å². The van der Waals surface area contributed by atoms with Gasteiger partial charge >= 0.3 is 26.2 Å². The van der Waals surface area contributed by atoms with Gasteiger partial charge < -0.3 is 32.0 Å². The molecule has 0 saturated heterocycles. The third-order valence-corrected chi connectivity index (χ3v) is 1.63.